The molecule has 19 heavy (non-hydrogen) atoms. The summed E-state index contributed by atoms with van der Waals surface area (Å²) in [7, 11) is 1.26. The molecule has 0 unspecified atom stereocenters. The fourth-order valence-electron chi connectivity index (χ4n) is 1.40. The normalized spacial score (nSPS) is 11.5. The standard InChI is InChI=1S/C11H13N3O5/c1-6(10(12)15)13-11(16)7-4-3-5-8(19-2)9(7)14(17)18/h3-6H,1-2H3,(H2,12,15)(H,13,16)/t6-/m0/s1. The van der Waals surface area contributed by atoms with Gasteiger partial charge in [0.15, 0.2) is 5.75 Å². The summed E-state index contributed by atoms with van der Waals surface area (Å²) in [6, 6.07) is 3.14. The van der Waals surface area contributed by atoms with Crippen LogP contribution < -0.4 is 15.8 Å². The average Bonchev–Trinajstić information content (AvgIpc) is 2.37. The molecule has 0 aliphatic heterocycles. The van der Waals surface area contributed by atoms with Gasteiger partial charge in [0.2, 0.25) is 5.91 Å². The highest BCUT2D eigenvalue weighted by molar-refractivity contribution is 6.01. The number of nitrogens with zero attached hydrogens (tertiary/aromatic N) is 1. The molecule has 1 aromatic rings. The lowest BCUT2D eigenvalue weighted by molar-refractivity contribution is -0.386. The van der Waals surface area contributed by atoms with Crippen LogP contribution in [0, 0.1) is 10.1 Å². The Kier molecular flexibility index (Phi) is 4.41. The van der Waals surface area contributed by atoms with Crippen molar-refractivity contribution in [3.8, 4) is 5.75 Å². The number of nitro groups is 1. The molecule has 1 aromatic carbocycles. The molecule has 8 heteroatoms. The van der Waals surface area contributed by atoms with E-state index in [1.54, 1.807) is 0 Å². The van der Waals surface area contributed by atoms with Gasteiger partial charge in [-0.2, -0.15) is 0 Å². The molecule has 0 bridgehead atoms. The summed E-state index contributed by atoms with van der Waals surface area (Å²) in [4.78, 5) is 33.0. The lowest BCUT2D eigenvalue weighted by Gasteiger charge is -2.11. The minimum Gasteiger partial charge on any atom is -0.490 e. The van der Waals surface area contributed by atoms with Crippen LogP contribution in [0.25, 0.3) is 0 Å². The van der Waals surface area contributed by atoms with E-state index in [4.69, 9.17) is 10.5 Å². The summed E-state index contributed by atoms with van der Waals surface area (Å²) >= 11 is 0. The Bertz CT molecular complexity index is 529. The third-order valence-electron chi connectivity index (χ3n) is 2.42. The number of methoxy groups -OCH3 is 1. The van der Waals surface area contributed by atoms with Crippen LogP contribution in [0.15, 0.2) is 18.2 Å². The molecule has 0 saturated carbocycles. The Labute approximate surface area is 108 Å². The summed E-state index contributed by atoms with van der Waals surface area (Å²) < 4.78 is 4.84. The number of primary amides is 1. The minimum absolute atomic E-state index is 0.0376. The molecule has 0 aromatic heterocycles. The van der Waals surface area contributed by atoms with E-state index in [1.807, 2.05) is 0 Å². The van der Waals surface area contributed by atoms with E-state index >= 15 is 0 Å². The van der Waals surface area contributed by atoms with Crippen molar-refractivity contribution in [2.45, 2.75) is 13.0 Å². The number of nitrogens with two attached hydrogens (primary N) is 1. The zero-order valence-electron chi connectivity index (χ0n) is 10.4. The SMILES string of the molecule is COc1cccc(C(=O)N[C@@H](C)C(N)=O)c1[N+](=O)[O-]. The highest BCUT2D eigenvalue weighted by Gasteiger charge is 2.26. The predicted octanol–water partition coefficient (Wildman–Crippen LogP) is 0.207. The molecule has 2 amide bonds. The second-order valence-electron chi connectivity index (χ2n) is 3.71. The highest BCUT2D eigenvalue weighted by atomic mass is 16.6. The molecule has 1 atom stereocenters. The summed E-state index contributed by atoms with van der Waals surface area (Å²) in [6.07, 6.45) is 0. The Hall–Kier alpha value is -2.64. The van der Waals surface area contributed by atoms with Crippen molar-refractivity contribution in [1.82, 2.24) is 5.32 Å². The van der Waals surface area contributed by atoms with E-state index in [1.165, 1.54) is 32.2 Å². The molecule has 0 saturated heterocycles. The zero-order chi connectivity index (χ0) is 14.6. The molecule has 0 aliphatic carbocycles. The third kappa shape index (κ3) is 3.18. The largest absolute Gasteiger partial charge is 0.490 e. The van der Waals surface area contributed by atoms with Gasteiger partial charge >= 0.3 is 5.69 Å². The Balaban J connectivity index is 3.16. The van der Waals surface area contributed by atoms with Crippen LogP contribution in [0.1, 0.15) is 17.3 Å². The summed E-state index contributed by atoms with van der Waals surface area (Å²) in [5.74, 6) is -1.54. The van der Waals surface area contributed by atoms with E-state index in [0.29, 0.717) is 0 Å². The Morgan fingerprint density at radius 3 is 2.58 bits per heavy atom. The topological polar surface area (TPSA) is 125 Å². The highest BCUT2D eigenvalue weighted by Crippen LogP contribution is 2.30. The van der Waals surface area contributed by atoms with Crippen molar-refractivity contribution < 1.29 is 19.2 Å². The summed E-state index contributed by atoms with van der Waals surface area (Å²) in [5.41, 5.74) is 4.35. The summed E-state index contributed by atoms with van der Waals surface area (Å²) in [5, 5.41) is 13.2. The van der Waals surface area contributed by atoms with Crippen molar-refractivity contribution in [1.29, 1.82) is 0 Å². The maximum atomic E-state index is 11.9. The van der Waals surface area contributed by atoms with Crippen LogP contribution in [0.4, 0.5) is 5.69 Å². The maximum Gasteiger partial charge on any atom is 0.323 e. The number of carbonyl (C=O) groups is 2. The number of benzene rings is 1. The zero-order valence-corrected chi connectivity index (χ0v) is 10.4. The number of nitrogens with one attached hydrogen (secondary N) is 1. The second-order valence-corrected chi connectivity index (χ2v) is 3.71. The molecule has 0 aliphatic rings. The Morgan fingerprint density at radius 2 is 2.11 bits per heavy atom. The van der Waals surface area contributed by atoms with Crippen molar-refractivity contribution in [2.24, 2.45) is 5.73 Å². The van der Waals surface area contributed by atoms with Crippen molar-refractivity contribution in [2.75, 3.05) is 7.11 Å². The first-order chi connectivity index (χ1) is 8.88. The fourth-order valence-corrected chi connectivity index (χ4v) is 1.40. The van der Waals surface area contributed by atoms with Gasteiger partial charge in [0.05, 0.1) is 12.0 Å². The number of para-hydroxylation sites is 1. The number of nitro benzene ring substituents is 1. The van der Waals surface area contributed by atoms with Crippen molar-refractivity contribution in [3.63, 3.8) is 0 Å². The number of rotatable bonds is 5. The summed E-state index contributed by atoms with van der Waals surface area (Å²) in [6.45, 7) is 1.38. The van der Waals surface area contributed by atoms with Gasteiger partial charge in [-0.15, -0.1) is 0 Å². The maximum absolute atomic E-state index is 11.9. The van der Waals surface area contributed by atoms with Crippen LogP contribution in [0.3, 0.4) is 0 Å². The van der Waals surface area contributed by atoms with Gasteiger partial charge in [0, 0.05) is 0 Å². The first-order valence-corrected chi connectivity index (χ1v) is 5.30. The minimum atomic E-state index is -0.932. The van der Waals surface area contributed by atoms with Gasteiger partial charge in [-0.1, -0.05) is 6.07 Å². The average molecular weight is 267 g/mol. The molecule has 0 fully saturated rings. The number of carbonyl (C=O) groups excluding carboxylic acids is 2. The van der Waals surface area contributed by atoms with Gasteiger partial charge in [-0.25, -0.2) is 0 Å². The molecule has 3 N–H and O–H groups in total. The first-order valence-electron chi connectivity index (χ1n) is 5.30. The predicted molar refractivity (Wildman–Crippen MR) is 65.8 cm³/mol. The Morgan fingerprint density at radius 1 is 1.47 bits per heavy atom. The van der Waals surface area contributed by atoms with Crippen molar-refractivity contribution in [3.05, 3.63) is 33.9 Å². The van der Waals surface area contributed by atoms with Crippen molar-refractivity contribution >= 4 is 17.5 Å². The number of hydrogen-bond acceptors (Lipinski definition) is 5. The smallest absolute Gasteiger partial charge is 0.323 e. The van der Waals surface area contributed by atoms with E-state index in [2.05, 4.69) is 5.32 Å². The molecule has 8 nitrogen and oxygen atoms in total. The third-order valence-corrected chi connectivity index (χ3v) is 2.42. The van der Waals surface area contributed by atoms with Gasteiger partial charge in [-0.3, -0.25) is 19.7 Å². The van der Waals surface area contributed by atoms with Gasteiger partial charge in [-0.05, 0) is 19.1 Å². The molecular weight excluding hydrogens is 254 g/mol. The van der Waals surface area contributed by atoms with E-state index in [-0.39, 0.29) is 11.3 Å². The van der Waals surface area contributed by atoms with Gasteiger partial charge in [0.25, 0.3) is 5.91 Å². The van der Waals surface area contributed by atoms with Gasteiger partial charge < -0.3 is 15.8 Å². The van der Waals surface area contributed by atoms with E-state index < -0.39 is 28.5 Å². The van der Waals surface area contributed by atoms with Crippen LogP contribution >= 0.6 is 0 Å². The molecule has 0 spiro atoms. The molecule has 0 heterocycles. The fraction of sp³-hybridized carbons (Fsp3) is 0.273. The van der Waals surface area contributed by atoms with Crippen LogP contribution in [-0.2, 0) is 4.79 Å². The van der Waals surface area contributed by atoms with Crippen LogP contribution in [0.2, 0.25) is 0 Å². The molecular formula is C11H13N3O5. The van der Waals surface area contributed by atoms with E-state index in [9.17, 15) is 19.7 Å². The number of amides is 2. The molecule has 102 valence electrons. The molecule has 1 rings (SSSR count). The lowest BCUT2D eigenvalue weighted by atomic mass is 10.1. The van der Waals surface area contributed by atoms with Crippen LogP contribution in [0.5, 0.6) is 5.75 Å². The van der Waals surface area contributed by atoms with Crippen LogP contribution in [-0.4, -0.2) is 29.9 Å². The number of ether oxygens (including phenoxy) is 1. The van der Waals surface area contributed by atoms with Gasteiger partial charge in [0.1, 0.15) is 11.6 Å². The second kappa shape index (κ2) is 5.80. The quantitative estimate of drug-likeness (QED) is 0.582. The first kappa shape index (κ1) is 14.4. The lowest BCUT2D eigenvalue weighted by Crippen LogP contribution is -2.42. The number of hydrogen-bond donors (Lipinski definition) is 2. The monoisotopic (exact) mass is 267 g/mol. The molecule has 0 radical (unpaired) electrons. The van der Waals surface area contributed by atoms with E-state index in [0.717, 1.165) is 0 Å².